The van der Waals surface area contributed by atoms with E-state index < -0.39 is 10.8 Å². The van der Waals surface area contributed by atoms with Crippen molar-refractivity contribution in [3.8, 4) is 0 Å². The molecule has 0 unspecified atom stereocenters. The summed E-state index contributed by atoms with van der Waals surface area (Å²) in [5.41, 5.74) is 0. The van der Waals surface area contributed by atoms with Gasteiger partial charge in [-0.25, -0.2) is 0 Å². The standard InChI is InChI=1S/C5H9NOS/c1-6-2-4-8(7)5-3-6/h1H,2-5H2. The van der Waals surface area contributed by atoms with Crippen LogP contribution in [-0.4, -0.2) is 33.7 Å². The molecule has 0 bridgehead atoms. The van der Waals surface area contributed by atoms with Crippen LogP contribution in [0.1, 0.15) is 0 Å². The maximum Gasteiger partial charge on any atom is 0.0439 e. The van der Waals surface area contributed by atoms with E-state index in [1.54, 1.807) is 4.90 Å². The Morgan fingerprint density at radius 2 is 1.88 bits per heavy atom. The molecule has 1 rings (SSSR count). The van der Waals surface area contributed by atoms with Gasteiger partial charge in [-0.15, -0.1) is 0 Å². The van der Waals surface area contributed by atoms with E-state index in [9.17, 15) is 4.21 Å². The first kappa shape index (κ1) is 6.23. The molecular weight excluding hydrogens is 122 g/mol. The molecule has 0 aromatic heterocycles. The van der Waals surface area contributed by atoms with Crippen molar-refractivity contribution in [3.05, 3.63) is 7.05 Å². The van der Waals surface area contributed by atoms with Crippen LogP contribution in [0.15, 0.2) is 0 Å². The van der Waals surface area contributed by atoms with E-state index in [1.165, 1.54) is 0 Å². The molecule has 2 radical (unpaired) electrons. The van der Waals surface area contributed by atoms with E-state index in [1.807, 2.05) is 0 Å². The van der Waals surface area contributed by atoms with Gasteiger partial charge in [-0.3, -0.25) is 9.11 Å². The summed E-state index contributed by atoms with van der Waals surface area (Å²) in [7, 11) is 4.81. The third kappa shape index (κ3) is 1.56. The van der Waals surface area contributed by atoms with Gasteiger partial charge >= 0.3 is 0 Å². The smallest absolute Gasteiger partial charge is 0.0439 e. The molecule has 2 nitrogen and oxygen atoms in total. The van der Waals surface area contributed by atoms with Gasteiger partial charge in [0.15, 0.2) is 0 Å². The molecule has 0 atom stereocenters. The maximum absolute atomic E-state index is 10.6. The summed E-state index contributed by atoms with van der Waals surface area (Å²) in [6, 6.07) is 0. The van der Waals surface area contributed by atoms with Crippen molar-refractivity contribution in [1.29, 1.82) is 0 Å². The third-order valence-electron chi connectivity index (χ3n) is 1.21. The van der Waals surface area contributed by atoms with Gasteiger partial charge in [-0.2, -0.15) is 0 Å². The summed E-state index contributed by atoms with van der Waals surface area (Å²) < 4.78 is 10.6. The van der Waals surface area contributed by atoms with Crippen LogP contribution in [-0.2, 0) is 10.8 Å². The van der Waals surface area contributed by atoms with Gasteiger partial charge in [0, 0.05) is 42.4 Å². The van der Waals surface area contributed by atoms with Crippen LogP contribution in [0.2, 0.25) is 0 Å². The topological polar surface area (TPSA) is 20.3 Å². The summed E-state index contributed by atoms with van der Waals surface area (Å²) in [4.78, 5) is 1.71. The van der Waals surface area contributed by atoms with Crippen LogP contribution in [0.4, 0.5) is 0 Å². The van der Waals surface area contributed by atoms with Crippen molar-refractivity contribution in [2.75, 3.05) is 24.6 Å². The molecule has 0 amide bonds. The lowest BCUT2D eigenvalue weighted by Crippen LogP contribution is -2.32. The molecule has 8 heavy (non-hydrogen) atoms. The van der Waals surface area contributed by atoms with E-state index >= 15 is 0 Å². The van der Waals surface area contributed by atoms with Crippen molar-refractivity contribution in [2.24, 2.45) is 0 Å². The molecule has 1 aliphatic heterocycles. The van der Waals surface area contributed by atoms with Crippen LogP contribution >= 0.6 is 0 Å². The molecule has 46 valence electrons. The molecule has 0 aliphatic carbocycles. The summed E-state index contributed by atoms with van der Waals surface area (Å²) in [6.07, 6.45) is 0. The zero-order valence-corrected chi connectivity index (χ0v) is 5.49. The second kappa shape index (κ2) is 2.60. The average Bonchev–Trinajstić information content (AvgIpc) is 1.77. The van der Waals surface area contributed by atoms with Crippen LogP contribution in [0.3, 0.4) is 0 Å². The van der Waals surface area contributed by atoms with E-state index in [2.05, 4.69) is 0 Å². The number of nitrogens with zero attached hydrogens (tertiary/aromatic N) is 1. The van der Waals surface area contributed by atoms with E-state index in [-0.39, 0.29) is 0 Å². The van der Waals surface area contributed by atoms with E-state index in [0.29, 0.717) is 0 Å². The minimum atomic E-state index is -0.583. The predicted octanol–water partition coefficient (Wildman–Crippen LogP) is -0.281. The summed E-state index contributed by atoms with van der Waals surface area (Å²) >= 11 is 0. The van der Waals surface area contributed by atoms with Gasteiger partial charge < -0.3 is 0 Å². The Morgan fingerprint density at radius 1 is 1.38 bits per heavy atom. The molecule has 0 spiro atoms. The summed E-state index contributed by atoms with van der Waals surface area (Å²) in [5.74, 6) is 1.49. The molecule has 0 saturated carbocycles. The van der Waals surface area contributed by atoms with Gasteiger partial charge in [0.1, 0.15) is 0 Å². The summed E-state index contributed by atoms with van der Waals surface area (Å²) in [5, 5.41) is 0. The molecule has 0 aromatic carbocycles. The van der Waals surface area contributed by atoms with E-state index in [0.717, 1.165) is 24.6 Å². The Bertz CT molecular complexity index is 94.6. The Hall–Kier alpha value is 0.110. The zero-order chi connectivity index (χ0) is 5.98. The van der Waals surface area contributed by atoms with Crippen LogP contribution in [0.5, 0.6) is 0 Å². The molecule has 1 saturated heterocycles. The first-order chi connectivity index (χ1) is 3.79. The second-order valence-corrected chi connectivity index (χ2v) is 3.58. The number of rotatable bonds is 0. The summed E-state index contributed by atoms with van der Waals surface area (Å²) in [6.45, 7) is 1.57. The van der Waals surface area contributed by atoms with Crippen LogP contribution in [0, 0.1) is 7.05 Å². The molecule has 1 fully saturated rings. The SMILES string of the molecule is [CH]N1CCS(=O)CC1. The Morgan fingerprint density at radius 3 is 2.25 bits per heavy atom. The highest BCUT2D eigenvalue weighted by atomic mass is 32.2. The van der Waals surface area contributed by atoms with Crippen LogP contribution in [0.25, 0.3) is 0 Å². The van der Waals surface area contributed by atoms with Gasteiger partial charge in [0.2, 0.25) is 0 Å². The van der Waals surface area contributed by atoms with Gasteiger partial charge in [-0.05, 0) is 0 Å². The number of hydrogen-bond acceptors (Lipinski definition) is 2. The quantitative estimate of drug-likeness (QED) is 0.450. The number of hydrogen-bond donors (Lipinski definition) is 0. The molecule has 0 N–H and O–H groups in total. The highest BCUT2D eigenvalue weighted by Gasteiger charge is 2.09. The fourth-order valence-corrected chi connectivity index (χ4v) is 1.73. The predicted molar refractivity (Wildman–Crippen MR) is 33.7 cm³/mol. The Kier molecular flexibility index (Phi) is 2.02. The molecular formula is C5H9NOS. The molecule has 1 heterocycles. The fourth-order valence-electron chi connectivity index (χ4n) is 0.652. The lowest BCUT2D eigenvalue weighted by molar-refractivity contribution is 0.405. The lowest BCUT2D eigenvalue weighted by Gasteiger charge is -2.19. The second-order valence-electron chi connectivity index (χ2n) is 1.88. The van der Waals surface area contributed by atoms with Crippen molar-refractivity contribution < 1.29 is 4.21 Å². The van der Waals surface area contributed by atoms with Gasteiger partial charge in [-0.1, -0.05) is 0 Å². The largest absolute Gasteiger partial charge is 0.295 e. The molecule has 0 aromatic rings. The van der Waals surface area contributed by atoms with Crippen LogP contribution < -0.4 is 0 Å². The first-order valence-corrected chi connectivity index (χ1v) is 4.12. The van der Waals surface area contributed by atoms with E-state index in [4.69, 9.17) is 7.05 Å². The fraction of sp³-hybridized carbons (Fsp3) is 0.800. The molecule has 3 heteroatoms. The van der Waals surface area contributed by atoms with Gasteiger partial charge in [0.25, 0.3) is 0 Å². The lowest BCUT2D eigenvalue weighted by atomic mass is 10.6. The first-order valence-electron chi connectivity index (χ1n) is 2.63. The minimum Gasteiger partial charge on any atom is -0.295 e. The highest BCUT2D eigenvalue weighted by molar-refractivity contribution is 7.85. The van der Waals surface area contributed by atoms with Crippen molar-refractivity contribution in [1.82, 2.24) is 4.90 Å². The normalized spacial score (nSPS) is 26.1. The van der Waals surface area contributed by atoms with Gasteiger partial charge in [0.05, 0.1) is 0 Å². The monoisotopic (exact) mass is 131 g/mol. The average molecular weight is 131 g/mol. The highest BCUT2D eigenvalue weighted by Crippen LogP contribution is 1.95. The van der Waals surface area contributed by atoms with Crippen molar-refractivity contribution in [3.63, 3.8) is 0 Å². The molecule has 1 aliphatic rings. The third-order valence-corrected chi connectivity index (χ3v) is 2.49. The Labute approximate surface area is 52.3 Å². The van der Waals surface area contributed by atoms with Crippen molar-refractivity contribution in [2.45, 2.75) is 0 Å². The zero-order valence-electron chi connectivity index (χ0n) is 4.67. The Balaban J connectivity index is 2.29. The maximum atomic E-state index is 10.6. The minimum absolute atomic E-state index is 0.583. The van der Waals surface area contributed by atoms with Crippen molar-refractivity contribution >= 4 is 10.8 Å².